The molecule has 2 aromatic carbocycles. The van der Waals surface area contributed by atoms with Gasteiger partial charge in [0.25, 0.3) is 0 Å². The first-order chi connectivity index (χ1) is 8.03. The molecule has 0 aliphatic carbocycles. The standard InChI is InChI=1S/2C7H7.Hf.2HI/c2*1-7-5-3-2-4-6-7;;;/h2*2-5H,1H3;;2*1H/q;;+2;;/p-2. The summed E-state index contributed by atoms with van der Waals surface area (Å²) in [5.41, 5.74) is 2.89. The zero-order chi connectivity index (χ0) is 12.5. The van der Waals surface area contributed by atoms with Crippen molar-refractivity contribution in [1.29, 1.82) is 0 Å². The predicted octanol–water partition coefficient (Wildman–Crippen LogP) is 4.11. The van der Waals surface area contributed by atoms with Gasteiger partial charge in [-0.3, -0.25) is 0 Å². The molecule has 0 saturated carbocycles. The Bertz CT molecular complexity index is 488. The summed E-state index contributed by atoms with van der Waals surface area (Å²) >= 11 is 2.96. The number of hydrogen-bond donors (Lipinski definition) is 0. The van der Waals surface area contributed by atoms with Gasteiger partial charge in [0.05, 0.1) is 0 Å². The summed E-state index contributed by atoms with van der Waals surface area (Å²) in [6, 6.07) is 17.7. The summed E-state index contributed by atoms with van der Waals surface area (Å²) in [5, 5.41) is 0. The van der Waals surface area contributed by atoms with Crippen molar-refractivity contribution in [1.82, 2.24) is 0 Å². The van der Waals surface area contributed by atoms with E-state index in [2.05, 4.69) is 98.7 Å². The molecule has 0 N–H and O–H groups in total. The maximum atomic E-state index is 2.77. The molecule has 0 nitrogen and oxygen atoms in total. The quantitative estimate of drug-likeness (QED) is 0.353. The van der Waals surface area contributed by atoms with Crippen LogP contribution in [0.4, 0.5) is 0 Å². The van der Waals surface area contributed by atoms with Gasteiger partial charge < -0.3 is 0 Å². The summed E-state index contributed by atoms with van der Waals surface area (Å²) in [6.07, 6.45) is 0. The van der Waals surface area contributed by atoms with E-state index in [0.717, 1.165) is 0 Å². The number of aryl methyl sites for hydroxylation is 2. The van der Waals surface area contributed by atoms with Crippen molar-refractivity contribution < 1.29 is 11.7 Å². The molecule has 0 radical (unpaired) electrons. The summed E-state index contributed by atoms with van der Waals surface area (Å²) in [5.74, 6) is 0. The van der Waals surface area contributed by atoms with Crippen LogP contribution in [0.1, 0.15) is 11.1 Å². The van der Waals surface area contributed by atoms with Crippen LogP contribution in [0.25, 0.3) is 0 Å². The normalized spacial score (nSPS) is 11.5. The fraction of sp³-hybridized carbons (Fsp3) is 0.143. The van der Waals surface area contributed by atoms with Crippen molar-refractivity contribution in [3.8, 4) is 0 Å². The molecule has 17 heavy (non-hydrogen) atoms. The van der Waals surface area contributed by atoms with E-state index in [-0.39, 0.29) is 0 Å². The van der Waals surface area contributed by atoms with Gasteiger partial charge in [0.15, 0.2) is 0 Å². The van der Waals surface area contributed by atoms with Crippen LogP contribution in [0.3, 0.4) is 0 Å². The van der Waals surface area contributed by atoms with E-state index in [1.54, 1.807) is 6.64 Å². The molecule has 0 unspecified atom stereocenters. The Balaban J connectivity index is 2.58. The Hall–Kier alpha value is 0.770. The Morgan fingerprint density at radius 1 is 0.706 bits per heavy atom. The Labute approximate surface area is 126 Å². The van der Waals surface area contributed by atoms with Gasteiger partial charge >= 0.3 is 128 Å². The van der Waals surface area contributed by atoms with Crippen molar-refractivity contribution in [2.24, 2.45) is 0 Å². The number of benzene rings is 2. The van der Waals surface area contributed by atoms with Crippen LogP contribution in [-0.2, 0) is 11.7 Å². The summed E-state index contributed by atoms with van der Waals surface area (Å²) in [4.78, 5) is 0. The molecule has 2 aromatic rings. The number of rotatable bonds is 2. The van der Waals surface area contributed by atoms with Crippen LogP contribution >= 0.6 is 36.3 Å². The van der Waals surface area contributed by atoms with Crippen LogP contribution in [0.15, 0.2) is 48.5 Å². The molecule has 0 saturated heterocycles. The van der Waals surface area contributed by atoms with Crippen LogP contribution < -0.4 is 6.64 Å². The van der Waals surface area contributed by atoms with Gasteiger partial charge in [-0.05, 0) is 0 Å². The zero-order valence-electron chi connectivity index (χ0n) is 9.87. The first-order valence-corrected chi connectivity index (χ1v) is 29.5. The third-order valence-corrected chi connectivity index (χ3v) is 30.9. The van der Waals surface area contributed by atoms with Crippen LogP contribution in [0.5, 0.6) is 0 Å². The molecule has 0 fully saturated rings. The molecule has 3 heteroatoms. The second-order valence-corrected chi connectivity index (χ2v) is 55.6. The van der Waals surface area contributed by atoms with Gasteiger partial charge in [-0.1, -0.05) is 0 Å². The molecule has 0 aliphatic heterocycles. The van der Waals surface area contributed by atoms with Crippen LogP contribution in [0, 0.1) is 13.8 Å². The predicted molar refractivity (Wildman–Crippen MR) is 89.7 cm³/mol. The monoisotopic (exact) mass is 616 g/mol. The molecule has 88 valence electrons. The van der Waals surface area contributed by atoms with Gasteiger partial charge in [-0.2, -0.15) is 0 Å². The average Bonchev–Trinajstić information content (AvgIpc) is 2.29. The summed E-state index contributed by atoms with van der Waals surface area (Å²) < 4.78 is 3.21. The second-order valence-electron chi connectivity index (χ2n) is 4.20. The Morgan fingerprint density at radius 2 is 1.06 bits per heavy atom. The molecule has 0 aromatic heterocycles. The van der Waals surface area contributed by atoms with Gasteiger partial charge in [0.1, 0.15) is 0 Å². The van der Waals surface area contributed by atoms with E-state index in [0.29, 0.717) is 0 Å². The fourth-order valence-corrected chi connectivity index (χ4v) is 29.2. The maximum absolute atomic E-state index is 2.77. The van der Waals surface area contributed by atoms with Crippen molar-refractivity contribution >= 4 is 42.9 Å². The minimum absolute atomic E-state index is 1.45. The minimum atomic E-state index is -2.57. The number of halogens is 2. The second kappa shape index (κ2) is 5.82. The summed E-state index contributed by atoms with van der Waals surface area (Å²) in [6.45, 7) is 4.47. The summed E-state index contributed by atoms with van der Waals surface area (Å²) in [7, 11) is 0. The molecule has 0 bridgehead atoms. The third-order valence-electron chi connectivity index (χ3n) is 2.97. The Kier molecular flexibility index (Phi) is 4.86. The average molecular weight is 615 g/mol. The fourth-order valence-electron chi connectivity index (χ4n) is 2.00. The zero-order valence-corrected chi connectivity index (χ0v) is 17.8. The third kappa shape index (κ3) is 3.03. The molecular formula is C14H14HfI2. The van der Waals surface area contributed by atoms with Gasteiger partial charge in [-0.15, -0.1) is 0 Å². The molecule has 0 aliphatic rings. The van der Waals surface area contributed by atoms with Crippen molar-refractivity contribution in [3.63, 3.8) is 0 Å². The Morgan fingerprint density at radius 3 is 1.41 bits per heavy atom. The number of hydrogen-bond acceptors (Lipinski definition) is 0. The molecule has 0 atom stereocenters. The van der Waals surface area contributed by atoms with Crippen molar-refractivity contribution in [2.75, 3.05) is 0 Å². The molecule has 0 spiro atoms. The van der Waals surface area contributed by atoms with E-state index >= 15 is 0 Å². The first-order valence-electron chi connectivity index (χ1n) is 5.53. The van der Waals surface area contributed by atoms with Crippen LogP contribution in [-0.4, -0.2) is 0 Å². The van der Waals surface area contributed by atoms with E-state index in [1.165, 1.54) is 11.1 Å². The topological polar surface area (TPSA) is 0 Å². The molecule has 0 heterocycles. The van der Waals surface area contributed by atoms with Gasteiger partial charge in [0.2, 0.25) is 0 Å². The van der Waals surface area contributed by atoms with Crippen LogP contribution in [0.2, 0.25) is 0 Å². The molecule has 2 rings (SSSR count). The SMILES string of the molecule is Cc1cccc[c]1[Hf]([I])([I])[c]1ccccc1C. The van der Waals surface area contributed by atoms with Crippen molar-refractivity contribution in [3.05, 3.63) is 59.7 Å². The van der Waals surface area contributed by atoms with Crippen molar-refractivity contribution in [2.45, 2.75) is 13.8 Å². The van der Waals surface area contributed by atoms with Gasteiger partial charge in [-0.25, -0.2) is 0 Å². The van der Waals surface area contributed by atoms with E-state index in [9.17, 15) is 0 Å². The van der Waals surface area contributed by atoms with E-state index in [1.807, 2.05) is 0 Å². The van der Waals surface area contributed by atoms with Gasteiger partial charge in [0, 0.05) is 0 Å². The molecule has 0 amide bonds. The first kappa shape index (κ1) is 14.2. The van der Waals surface area contributed by atoms with E-state index in [4.69, 9.17) is 0 Å². The molecular weight excluding hydrogens is 600 g/mol. The van der Waals surface area contributed by atoms with E-state index < -0.39 is 11.7 Å².